The van der Waals surface area contributed by atoms with Crippen LogP contribution in [0.3, 0.4) is 0 Å². The van der Waals surface area contributed by atoms with E-state index >= 15 is 0 Å². The van der Waals surface area contributed by atoms with E-state index in [1.54, 1.807) is 11.8 Å². The van der Waals surface area contributed by atoms with Gasteiger partial charge >= 0.3 is 0 Å². The van der Waals surface area contributed by atoms with Gasteiger partial charge in [-0.15, -0.1) is 11.8 Å². The molecule has 0 spiro atoms. The summed E-state index contributed by atoms with van der Waals surface area (Å²) in [5.41, 5.74) is 3.28. The van der Waals surface area contributed by atoms with Crippen molar-refractivity contribution in [3.63, 3.8) is 0 Å². The van der Waals surface area contributed by atoms with Crippen LogP contribution in [0.15, 0.2) is 59.6 Å². The maximum absolute atomic E-state index is 12.7. The Morgan fingerprint density at radius 1 is 1.15 bits per heavy atom. The van der Waals surface area contributed by atoms with Crippen molar-refractivity contribution in [2.24, 2.45) is 7.05 Å². The maximum Gasteiger partial charge on any atom is 0.227 e. The average Bonchev–Trinajstić information content (AvgIpc) is 3.26. The molecule has 5 heteroatoms. The molecule has 1 saturated heterocycles. The minimum absolute atomic E-state index is 0.184. The number of rotatable bonds is 4. The predicted molar refractivity (Wildman–Crippen MR) is 108 cm³/mol. The molecule has 1 fully saturated rings. The zero-order chi connectivity index (χ0) is 17.9. The summed E-state index contributed by atoms with van der Waals surface area (Å²) < 4.78 is 2.08. The Morgan fingerprint density at radius 2 is 1.92 bits per heavy atom. The topological polar surface area (TPSA) is 38.1 Å². The number of carbonyl (C=O) groups is 1. The van der Waals surface area contributed by atoms with Crippen LogP contribution in [0.1, 0.15) is 17.8 Å². The van der Waals surface area contributed by atoms with Crippen LogP contribution in [0, 0.1) is 0 Å². The van der Waals surface area contributed by atoms with Gasteiger partial charge in [-0.05, 0) is 24.1 Å². The van der Waals surface area contributed by atoms with Crippen LogP contribution in [0.25, 0.3) is 17.1 Å². The van der Waals surface area contributed by atoms with Crippen molar-refractivity contribution in [2.45, 2.75) is 12.8 Å². The van der Waals surface area contributed by atoms with Crippen LogP contribution in [0.4, 0.5) is 0 Å². The number of imidazole rings is 1. The molecule has 0 saturated carbocycles. The Hall–Kier alpha value is -2.53. The molecule has 1 amide bonds. The lowest BCUT2D eigenvalue weighted by molar-refractivity contribution is -0.128. The molecule has 2 aromatic carbocycles. The molecule has 3 aromatic rings. The molecular weight excluding hydrogens is 342 g/mol. The van der Waals surface area contributed by atoms with Crippen molar-refractivity contribution in [1.82, 2.24) is 14.5 Å². The molecule has 132 valence electrons. The highest BCUT2D eigenvalue weighted by Crippen LogP contribution is 2.31. The average molecular weight is 363 g/mol. The molecule has 0 radical (unpaired) electrons. The monoisotopic (exact) mass is 363 g/mol. The van der Waals surface area contributed by atoms with E-state index < -0.39 is 0 Å². The van der Waals surface area contributed by atoms with Gasteiger partial charge in [-0.2, -0.15) is 0 Å². The van der Waals surface area contributed by atoms with Crippen molar-refractivity contribution in [2.75, 3.05) is 12.3 Å². The summed E-state index contributed by atoms with van der Waals surface area (Å²) >= 11 is 1.73. The normalized spacial score (nSPS) is 15.9. The van der Waals surface area contributed by atoms with E-state index in [-0.39, 0.29) is 5.91 Å². The van der Waals surface area contributed by atoms with Crippen molar-refractivity contribution in [3.05, 3.63) is 71.0 Å². The lowest BCUT2D eigenvalue weighted by Gasteiger charge is -2.17. The fourth-order valence-electron chi connectivity index (χ4n) is 3.23. The Balaban J connectivity index is 1.52. The first-order valence-corrected chi connectivity index (χ1v) is 9.81. The maximum atomic E-state index is 12.7. The number of amides is 1. The molecule has 2 heterocycles. The van der Waals surface area contributed by atoms with E-state index in [1.807, 2.05) is 54.4 Å². The summed E-state index contributed by atoms with van der Waals surface area (Å²) in [6.07, 6.45) is 3.35. The van der Waals surface area contributed by atoms with Gasteiger partial charge in [0, 0.05) is 31.8 Å². The number of nitrogens with zero attached hydrogens (tertiary/aromatic N) is 3. The minimum Gasteiger partial charge on any atom is -0.328 e. The molecule has 1 aliphatic heterocycles. The smallest absolute Gasteiger partial charge is 0.227 e. The molecule has 0 unspecified atom stereocenters. The summed E-state index contributed by atoms with van der Waals surface area (Å²) in [7, 11) is 2.02. The SMILES string of the molecule is Cn1c(/C=C2/SCCN2C(=O)CCc2ccccc2)nc2ccccc21. The first kappa shape index (κ1) is 16.9. The van der Waals surface area contributed by atoms with Gasteiger partial charge in [-0.3, -0.25) is 4.79 Å². The van der Waals surface area contributed by atoms with Gasteiger partial charge in [0.25, 0.3) is 0 Å². The summed E-state index contributed by atoms with van der Waals surface area (Å²) in [4.78, 5) is 19.3. The number of hydrogen-bond donors (Lipinski definition) is 0. The third-order valence-corrected chi connectivity index (χ3v) is 5.70. The lowest BCUT2D eigenvalue weighted by atomic mass is 10.1. The number of thioether (sulfide) groups is 1. The van der Waals surface area contributed by atoms with Crippen LogP contribution in [-0.2, 0) is 18.3 Å². The zero-order valence-corrected chi connectivity index (χ0v) is 15.6. The summed E-state index contributed by atoms with van der Waals surface area (Å²) in [5.74, 6) is 2.01. The van der Waals surface area contributed by atoms with Gasteiger partial charge in [0.1, 0.15) is 5.82 Å². The largest absolute Gasteiger partial charge is 0.328 e. The van der Waals surface area contributed by atoms with Crippen LogP contribution >= 0.6 is 11.8 Å². The van der Waals surface area contributed by atoms with E-state index in [0.29, 0.717) is 6.42 Å². The molecule has 4 rings (SSSR count). The molecule has 0 atom stereocenters. The summed E-state index contributed by atoms with van der Waals surface area (Å²) in [5, 5.41) is 1.00. The third kappa shape index (κ3) is 3.40. The van der Waals surface area contributed by atoms with Crippen molar-refractivity contribution < 1.29 is 4.79 Å². The van der Waals surface area contributed by atoms with Gasteiger partial charge in [0.15, 0.2) is 0 Å². The standard InChI is InChI=1S/C21H21N3OS/c1-23-18-10-6-5-9-17(18)22-19(23)15-21-24(13-14-26-21)20(25)12-11-16-7-3-2-4-8-16/h2-10,15H,11-14H2,1H3/b21-15+. The van der Waals surface area contributed by atoms with E-state index in [4.69, 9.17) is 4.98 Å². The second-order valence-corrected chi connectivity index (χ2v) is 7.49. The molecule has 0 N–H and O–H groups in total. The van der Waals surface area contributed by atoms with Crippen molar-refractivity contribution in [1.29, 1.82) is 0 Å². The number of fused-ring (bicyclic) bond motifs is 1. The van der Waals surface area contributed by atoms with Gasteiger partial charge < -0.3 is 9.47 Å². The number of carbonyl (C=O) groups excluding carboxylic acids is 1. The van der Waals surface area contributed by atoms with Gasteiger partial charge in [0.05, 0.1) is 16.1 Å². The molecule has 26 heavy (non-hydrogen) atoms. The minimum atomic E-state index is 0.184. The molecular formula is C21H21N3OS. The first-order chi connectivity index (χ1) is 12.7. The number of hydrogen-bond acceptors (Lipinski definition) is 3. The van der Waals surface area contributed by atoms with Crippen LogP contribution in [-0.4, -0.2) is 32.7 Å². The highest BCUT2D eigenvalue weighted by Gasteiger charge is 2.24. The Labute approximate surface area is 157 Å². The molecule has 1 aromatic heterocycles. The number of para-hydroxylation sites is 2. The van der Waals surface area contributed by atoms with Gasteiger partial charge in [-0.1, -0.05) is 42.5 Å². The molecule has 1 aliphatic rings. The van der Waals surface area contributed by atoms with Crippen LogP contribution < -0.4 is 0 Å². The lowest BCUT2D eigenvalue weighted by Crippen LogP contribution is -2.27. The number of benzene rings is 2. The van der Waals surface area contributed by atoms with E-state index in [1.165, 1.54) is 5.56 Å². The van der Waals surface area contributed by atoms with E-state index in [9.17, 15) is 4.79 Å². The number of aryl methyl sites for hydroxylation is 2. The van der Waals surface area contributed by atoms with Crippen LogP contribution in [0.2, 0.25) is 0 Å². The first-order valence-electron chi connectivity index (χ1n) is 8.82. The summed E-state index contributed by atoms with van der Waals surface area (Å²) in [6, 6.07) is 18.3. The van der Waals surface area contributed by atoms with Crippen LogP contribution in [0.5, 0.6) is 0 Å². The highest BCUT2D eigenvalue weighted by atomic mass is 32.2. The van der Waals surface area contributed by atoms with E-state index in [0.717, 1.165) is 40.6 Å². The van der Waals surface area contributed by atoms with Crippen molar-refractivity contribution in [3.8, 4) is 0 Å². The molecule has 0 aliphatic carbocycles. The fraction of sp³-hybridized carbons (Fsp3) is 0.238. The summed E-state index contributed by atoms with van der Waals surface area (Å²) in [6.45, 7) is 0.772. The second-order valence-electron chi connectivity index (χ2n) is 6.38. The highest BCUT2D eigenvalue weighted by molar-refractivity contribution is 8.03. The molecule has 0 bridgehead atoms. The number of aromatic nitrogens is 2. The Bertz CT molecular complexity index is 962. The van der Waals surface area contributed by atoms with E-state index in [2.05, 4.69) is 22.8 Å². The predicted octanol–water partition coefficient (Wildman–Crippen LogP) is 4.08. The fourth-order valence-corrected chi connectivity index (χ4v) is 4.25. The van der Waals surface area contributed by atoms with Crippen molar-refractivity contribution >= 4 is 34.8 Å². The zero-order valence-electron chi connectivity index (χ0n) is 14.8. The third-order valence-electron chi connectivity index (χ3n) is 4.68. The Kier molecular flexibility index (Phi) is 4.80. The second kappa shape index (κ2) is 7.38. The molecule has 4 nitrogen and oxygen atoms in total. The Morgan fingerprint density at radius 3 is 2.73 bits per heavy atom. The quantitative estimate of drug-likeness (QED) is 0.701. The van der Waals surface area contributed by atoms with Gasteiger partial charge in [-0.25, -0.2) is 4.98 Å². The van der Waals surface area contributed by atoms with Gasteiger partial charge in [0.2, 0.25) is 5.91 Å².